The minimum absolute atomic E-state index is 0.0965. The highest BCUT2D eigenvalue weighted by Gasteiger charge is 2.33. The largest absolute Gasteiger partial charge is 0.470 e. The van der Waals surface area contributed by atoms with Crippen molar-refractivity contribution in [1.82, 2.24) is 19.8 Å². The molecule has 0 saturated carbocycles. The Morgan fingerprint density at radius 2 is 2.00 bits per heavy atom. The highest BCUT2D eigenvalue weighted by atomic mass is 16.5. The van der Waals surface area contributed by atoms with Crippen LogP contribution in [0.3, 0.4) is 0 Å². The zero-order valence-electron chi connectivity index (χ0n) is 13.6. The van der Waals surface area contributed by atoms with E-state index in [0.717, 1.165) is 11.3 Å². The smallest absolute Gasteiger partial charge is 0.251 e. The Labute approximate surface area is 144 Å². The minimum Gasteiger partial charge on any atom is -0.470 e. The summed E-state index contributed by atoms with van der Waals surface area (Å²) in [6.45, 7) is 0.635. The van der Waals surface area contributed by atoms with Crippen molar-refractivity contribution in [3.8, 4) is 11.9 Å². The van der Waals surface area contributed by atoms with Gasteiger partial charge < -0.3 is 9.64 Å². The number of imide groups is 1. The van der Waals surface area contributed by atoms with Crippen LogP contribution in [0.2, 0.25) is 0 Å². The Morgan fingerprint density at radius 1 is 1.28 bits per heavy atom. The zero-order chi connectivity index (χ0) is 17.8. The number of ether oxygens (including phenoxy) is 1. The second kappa shape index (κ2) is 7.25. The maximum atomic E-state index is 12.4. The van der Waals surface area contributed by atoms with Crippen LogP contribution >= 0.6 is 0 Å². The second-order valence-corrected chi connectivity index (χ2v) is 5.92. The van der Waals surface area contributed by atoms with Gasteiger partial charge in [0, 0.05) is 31.8 Å². The Kier molecular flexibility index (Phi) is 4.88. The van der Waals surface area contributed by atoms with Crippen molar-refractivity contribution in [3.63, 3.8) is 0 Å². The fourth-order valence-electron chi connectivity index (χ4n) is 2.94. The van der Waals surface area contributed by atoms with Gasteiger partial charge in [0.25, 0.3) is 5.88 Å². The highest BCUT2D eigenvalue weighted by molar-refractivity contribution is 6.04. The molecular weight excluding hydrogens is 326 g/mol. The van der Waals surface area contributed by atoms with Crippen LogP contribution in [-0.2, 0) is 14.4 Å². The van der Waals surface area contributed by atoms with Crippen LogP contribution < -0.4 is 4.74 Å². The first kappa shape index (κ1) is 16.8. The normalized spacial score (nSPS) is 20.5. The van der Waals surface area contributed by atoms with Crippen molar-refractivity contribution >= 4 is 17.7 Å². The molecule has 2 fully saturated rings. The summed E-state index contributed by atoms with van der Waals surface area (Å²) in [7, 11) is 0. The van der Waals surface area contributed by atoms with E-state index in [1.807, 2.05) is 6.07 Å². The quantitative estimate of drug-likeness (QED) is 0.699. The molecule has 1 aromatic heterocycles. The molecule has 3 rings (SSSR count). The third-order valence-electron chi connectivity index (χ3n) is 4.23. The molecule has 1 aromatic rings. The first-order chi connectivity index (χ1) is 12.1. The Morgan fingerprint density at radius 3 is 2.72 bits per heavy atom. The molecule has 1 unspecified atom stereocenters. The van der Waals surface area contributed by atoms with Crippen LogP contribution in [0, 0.1) is 11.3 Å². The van der Waals surface area contributed by atoms with Gasteiger partial charge in [-0.2, -0.15) is 5.26 Å². The number of aromatic nitrogens is 2. The van der Waals surface area contributed by atoms with Crippen LogP contribution in [0.4, 0.5) is 0 Å². The van der Waals surface area contributed by atoms with Gasteiger partial charge in [0.1, 0.15) is 18.7 Å². The molecule has 25 heavy (non-hydrogen) atoms. The van der Waals surface area contributed by atoms with Gasteiger partial charge in [-0.1, -0.05) is 0 Å². The van der Waals surface area contributed by atoms with E-state index in [1.54, 1.807) is 4.90 Å². The van der Waals surface area contributed by atoms with E-state index in [1.165, 1.54) is 12.4 Å². The molecule has 9 heteroatoms. The van der Waals surface area contributed by atoms with Crippen molar-refractivity contribution < 1.29 is 19.1 Å². The number of rotatable bonds is 4. The van der Waals surface area contributed by atoms with E-state index >= 15 is 0 Å². The molecule has 2 saturated heterocycles. The van der Waals surface area contributed by atoms with E-state index in [4.69, 9.17) is 10.00 Å². The third kappa shape index (κ3) is 3.74. The molecule has 2 aliphatic heterocycles. The topological polar surface area (TPSA) is 116 Å². The lowest BCUT2D eigenvalue weighted by Crippen LogP contribution is -2.49. The summed E-state index contributed by atoms with van der Waals surface area (Å²) in [6.07, 6.45) is 4.31. The summed E-state index contributed by atoms with van der Waals surface area (Å²) in [4.78, 5) is 46.2. The lowest BCUT2D eigenvalue weighted by atomic mass is 10.1. The highest BCUT2D eigenvalue weighted by Crippen LogP contribution is 2.19. The summed E-state index contributed by atoms with van der Waals surface area (Å²) in [5, 5.41) is 9.03. The van der Waals surface area contributed by atoms with Gasteiger partial charge in [0.05, 0.1) is 6.54 Å². The minimum atomic E-state index is -0.313. The Bertz CT molecular complexity index is 728. The summed E-state index contributed by atoms with van der Waals surface area (Å²) in [5.74, 6) is -0.742. The Hall–Kier alpha value is -3.02. The predicted molar refractivity (Wildman–Crippen MR) is 82.9 cm³/mol. The van der Waals surface area contributed by atoms with E-state index in [0.29, 0.717) is 19.5 Å². The zero-order valence-corrected chi connectivity index (χ0v) is 13.6. The number of hydrogen-bond acceptors (Lipinski definition) is 7. The van der Waals surface area contributed by atoms with Gasteiger partial charge in [0.15, 0.2) is 0 Å². The number of piperidine rings is 1. The molecular formula is C16H17N5O4. The van der Waals surface area contributed by atoms with Crippen molar-refractivity contribution in [2.75, 3.05) is 19.6 Å². The number of amides is 3. The van der Waals surface area contributed by atoms with Crippen molar-refractivity contribution in [3.05, 3.63) is 18.1 Å². The monoisotopic (exact) mass is 343 g/mol. The van der Waals surface area contributed by atoms with Gasteiger partial charge in [-0.3, -0.25) is 19.3 Å². The van der Waals surface area contributed by atoms with Crippen molar-refractivity contribution in [1.29, 1.82) is 5.26 Å². The SMILES string of the molecule is N#Cc1nccnc1OC1CCCN(C(=O)CN2C(=O)CCC2=O)C1. The van der Waals surface area contributed by atoms with E-state index < -0.39 is 0 Å². The number of nitrogens with zero attached hydrogens (tertiary/aromatic N) is 5. The molecule has 3 heterocycles. The van der Waals surface area contributed by atoms with Crippen molar-refractivity contribution in [2.24, 2.45) is 0 Å². The number of carbonyl (C=O) groups is 3. The van der Waals surface area contributed by atoms with Crippen molar-refractivity contribution in [2.45, 2.75) is 31.8 Å². The number of nitriles is 1. The first-order valence-corrected chi connectivity index (χ1v) is 8.07. The number of hydrogen-bond donors (Lipinski definition) is 0. The van der Waals surface area contributed by atoms with Crippen LogP contribution in [0.1, 0.15) is 31.4 Å². The molecule has 9 nitrogen and oxygen atoms in total. The fourth-order valence-corrected chi connectivity index (χ4v) is 2.94. The van der Waals surface area contributed by atoms with E-state index in [-0.39, 0.29) is 54.8 Å². The number of carbonyl (C=O) groups excluding carboxylic acids is 3. The summed E-state index contributed by atoms with van der Waals surface area (Å²) in [5.41, 5.74) is 0.0965. The third-order valence-corrected chi connectivity index (χ3v) is 4.23. The maximum absolute atomic E-state index is 12.4. The lowest BCUT2D eigenvalue weighted by molar-refractivity contribution is -0.146. The lowest BCUT2D eigenvalue weighted by Gasteiger charge is -2.33. The van der Waals surface area contributed by atoms with Crippen LogP contribution in [0.15, 0.2) is 12.4 Å². The Balaban J connectivity index is 1.61. The average molecular weight is 343 g/mol. The molecule has 0 radical (unpaired) electrons. The summed E-state index contributed by atoms with van der Waals surface area (Å²) in [6, 6.07) is 1.92. The molecule has 0 aromatic carbocycles. The van der Waals surface area contributed by atoms with Gasteiger partial charge in [-0.15, -0.1) is 0 Å². The van der Waals surface area contributed by atoms with Crippen LogP contribution in [0.5, 0.6) is 5.88 Å². The molecule has 130 valence electrons. The van der Waals surface area contributed by atoms with Gasteiger partial charge in [-0.25, -0.2) is 9.97 Å². The van der Waals surface area contributed by atoms with Gasteiger partial charge in [0.2, 0.25) is 23.4 Å². The molecule has 0 spiro atoms. The maximum Gasteiger partial charge on any atom is 0.251 e. The number of likely N-dealkylation sites (tertiary alicyclic amines) is 2. The van der Waals surface area contributed by atoms with Gasteiger partial charge >= 0.3 is 0 Å². The van der Waals surface area contributed by atoms with E-state index in [9.17, 15) is 14.4 Å². The molecule has 0 N–H and O–H groups in total. The van der Waals surface area contributed by atoms with E-state index in [2.05, 4.69) is 9.97 Å². The molecule has 0 bridgehead atoms. The molecule has 0 aliphatic carbocycles. The average Bonchev–Trinajstić information content (AvgIpc) is 2.94. The summed E-state index contributed by atoms with van der Waals surface area (Å²) >= 11 is 0. The summed E-state index contributed by atoms with van der Waals surface area (Å²) < 4.78 is 5.73. The fraction of sp³-hybridized carbons (Fsp3) is 0.500. The standard InChI is InChI=1S/C16H17N5O4/c17-8-12-16(19-6-5-18-12)25-11-2-1-7-20(9-11)15(24)10-21-13(22)3-4-14(21)23/h5-6,11H,1-4,7,9-10H2. The van der Waals surface area contributed by atoms with Crippen LogP contribution in [-0.4, -0.2) is 63.2 Å². The predicted octanol–water partition coefficient (Wildman–Crippen LogP) is -0.133. The van der Waals surface area contributed by atoms with Crippen LogP contribution in [0.25, 0.3) is 0 Å². The first-order valence-electron chi connectivity index (χ1n) is 8.07. The van der Waals surface area contributed by atoms with Gasteiger partial charge in [-0.05, 0) is 12.8 Å². The molecule has 1 atom stereocenters. The molecule has 2 aliphatic rings. The molecule has 3 amide bonds. The second-order valence-electron chi connectivity index (χ2n) is 5.92.